The van der Waals surface area contributed by atoms with Crippen molar-refractivity contribution in [2.45, 2.75) is 26.4 Å². The number of benzene rings is 1. The molecule has 0 radical (unpaired) electrons. The first-order valence-electron chi connectivity index (χ1n) is 6.68. The predicted octanol–water partition coefficient (Wildman–Crippen LogP) is 2.44. The third-order valence-electron chi connectivity index (χ3n) is 3.15. The molecule has 0 fully saturated rings. The number of aromatic nitrogens is 2. The molecule has 0 saturated heterocycles. The van der Waals surface area contributed by atoms with Crippen LogP contribution in [0, 0.1) is 0 Å². The molecule has 2 rings (SSSR count). The zero-order valence-corrected chi connectivity index (χ0v) is 12.1. The normalized spacial score (nSPS) is 10.6. The van der Waals surface area contributed by atoms with Gasteiger partial charge in [0.1, 0.15) is 0 Å². The van der Waals surface area contributed by atoms with Crippen molar-refractivity contribution in [3.8, 4) is 0 Å². The number of nitrogens with one attached hydrogen (secondary N) is 2. The predicted molar refractivity (Wildman–Crippen MR) is 79.8 cm³/mol. The molecule has 2 aromatic rings. The Labute approximate surface area is 119 Å². The van der Waals surface area contributed by atoms with Crippen molar-refractivity contribution in [1.29, 1.82) is 0 Å². The van der Waals surface area contributed by atoms with Crippen LogP contribution < -0.4 is 10.6 Å². The maximum Gasteiger partial charge on any atom is 0.251 e. The fourth-order valence-corrected chi connectivity index (χ4v) is 2.01. The summed E-state index contributed by atoms with van der Waals surface area (Å²) >= 11 is 0. The molecule has 20 heavy (non-hydrogen) atoms. The lowest BCUT2D eigenvalue weighted by molar-refractivity contribution is 0.0963. The quantitative estimate of drug-likeness (QED) is 0.879. The van der Waals surface area contributed by atoms with Crippen molar-refractivity contribution in [1.82, 2.24) is 14.9 Å². The molecule has 0 atom stereocenters. The molecule has 1 aromatic heterocycles. The molecule has 0 bridgehead atoms. The van der Waals surface area contributed by atoms with Crippen LogP contribution in [0.3, 0.4) is 0 Å². The minimum atomic E-state index is -0.0746. The summed E-state index contributed by atoms with van der Waals surface area (Å²) in [6.07, 6.45) is 3.71. The summed E-state index contributed by atoms with van der Waals surface area (Å²) in [5.41, 5.74) is 2.77. The zero-order chi connectivity index (χ0) is 14.5. The van der Waals surface area contributed by atoms with Crippen molar-refractivity contribution in [2.24, 2.45) is 0 Å². The van der Waals surface area contributed by atoms with E-state index in [0.29, 0.717) is 18.2 Å². The monoisotopic (exact) mass is 272 g/mol. The first-order chi connectivity index (χ1) is 9.61. The highest BCUT2D eigenvalue weighted by molar-refractivity contribution is 5.94. The van der Waals surface area contributed by atoms with Crippen LogP contribution in [0.25, 0.3) is 0 Å². The SMILES string of the molecule is CNC(=O)c1ccc(NCc2cncn2C(C)C)cc1. The molecular weight excluding hydrogens is 252 g/mol. The van der Waals surface area contributed by atoms with Crippen molar-refractivity contribution in [2.75, 3.05) is 12.4 Å². The molecule has 1 amide bonds. The van der Waals surface area contributed by atoms with E-state index in [1.807, 2.05) is 24.7 Å². The highest BCUT2D eigenvalue weighted by atomic mass is 16.1. The molecule has 0 unspecified atom stereocenters. The second-order valence-electron chi connectivity index (χ2n) is 4.90. The van der Waals surface area contributed by atoms with Crippen molar-refractivity contribution in [3.05, 3.63) is 48.0 Å². The van der Waals surface area contributed by atoms with Crippen molar-refractivity contribution in [3.63, 3.8) is 0 Å². The number of hydrogen-bond acceptors (Lipinski definition) is 3. The minimum absolute atomic E-state index is 0.0746. The van der Waals surface area contributed by atoms with Gasteiger partial charge in [-0.05, 0) is 38.1 Å². The van der Waals surface area contributed by atoms with Gasteiger partial charge in [0.25, 0.3) is 5.91 Å². The lowest BCUT2D eigenvalue weighted by atomic mass is 10.2. The third kappa shape index (κ3) is 3.17. The van der Waals surface area contributed by atoms with Crippen LogP contribution >= 0.6 is 0 Å². The Bertz CT molecular complexity index is 572. The summed E-state index contributed by atoms with van der Waals surface area (Å²) in [7, 11) is 1.63. The van der Waals surface area contributed by atoms with Crippen LogP contribution in [0.1, 0.15) is 35.9 Å². The molecule has 1 heterocycles. The minimum Gasteiger partial charge on any atom is -0.379 e. The zero-order valence-electron chi connectivity index (χ0n) is 12.1. The first-order valence-corrected chi connectivity index (χ1v) is 6.68. The number of carbonyl (C=O) groups is 1. The Kier molecular flexibility index (Phi) is 4.40. The van der Waals surface area contributed by atoms with E-state index in [1.165, 1.54) is 0 Å². The average molecular weight is 272 g/mol. The van der Waals surface area contributed by atoms with E-state index < -0.39 is 0 Å². The van der Waals surface area contributed by atoms with Gasteiger partial charge in [0.05, 0.1) is 18.6 Å². The standard InChI is InChI=1S/C15H20N4O/c1-11(2)19-10-17-8-14(19)9-18-13-6-4-12(5-7-13)15(20)16-3/h4-8,10-11,18H,9H2,1-3H3,(H,16,20). The second-order valence-corrected chi connectivity index (χ2v) is 4.90. The Morgan fingerprint density at radius 2 is 2.00 bits per heavy atom. The number of imidazole rings is 1. The van der Waals surface area contributed by atoms with Crippen LogP contribution in [0.5, 0.6) is 0 Å². The van der Waals surface area contributed by atoms with E-state index in [2.05, 4.69) is 34.0 Å². The Morgan fingerprint density at radius 1 is 1.30 bits per heavy atom. The van der Waals surface area contributed by atoms with Gasteiger partial charge < -0.3 is 15.2 Å². The van der Waals surface area contributed by atoms with Gasteiger partial charge >= 0.3 is 0 Å². The molecule has 1 aromatic carbocycles. The molecular formula is C15H20N4O. The summed E-state index contributed by atoms with van der Waals surface area (Å²) in [5.74, 6) is -0.0746. The number of carbonyl (C=O) groups excluding carboxylic acids is 1. The fourth-order valence-electron chi connectivity index (χ4n) is 2.01. The summed E-state index contributed by atoms with van der Waals surface area (Å²) in [5, 5.41) is 5.94. The van der Waals surface area contributed by atoms with Crippen molar-refractivity contribution >= 4 is 11.6 Å². The molecule has 0 saturated carbocycles. The molecule has 106 valence electrons. The van der Waals surface area contributed by atoms with Crippen LogP contribution in [0.2, 0.25) is 0 Å². The van der Waals surface area contributed by atoms with Crippen LogP contribution in [0.15, 0.2) is 36.8 Å². The van der Waals surface area contributed by atoms with E-state index in [4.69, 9.17) is 0 Å². The number of nitrogens with zero attached hydrogens (tertiary/aromatic N) is 2. The van der Waals surface area contributed by atoms with E-state index >= 15 is 0 Å². The number of amides is 1. The third-order valence-corrected chi connectivity index (χ3v) is 3.15. The van der Waals surface area contributed by atoms with Crippen LogP contribution in [-0.4, -0.2) is 22.5 Å². The fraction of sp³-hybridized carbons (Fsp3) is 0.333. The lowest BCUT2D eigenvalue weighted by Gasteiger charge is -2.13. The topological polar surface area (TPSA) is 59.0 Å². The maximum atomic E-state index is 11.4. The van der Waals surface area contributed by atoms with Crippen LogP contribution in [0.4, 0.5) is 5.69 Å². The Hall–Kier alpha value is -2.30. The second kappa shape index (κ2) is 6.23. The van der Waals surface area contributed by atoms with Crippen molar-refractivity contribution < 1.29 is 4.79 Å². The molecule has 0 aliphatic heterocycles. The first kappa shape index (κ1) is 14.1. The molecule has 0 spiro atoms. The van der Waals surface area contributed by atoms with E-state index in [1.54, 1.807) is 19.2 Å². The highest BCUT2D eigenvalue weighted by Crippen LogP contribution is 2.13. The summed E-state index contributed by atoms with van der Waals surface area (Å²) in [4.78, 5) is 15.6. The Balaban J connectivity index is 2.00. The smallest absolute Gasteiger partial charge is 0.251 e. The van der Waals surface area contributed by atoms with Gasteiger partial charge in [-0.25, -0.2) is 4.98 Å². The summed E-state index contributed by atoms with van der Waals surface area (Å²) in [6.45, 7) is 4.96. The van der Waals surface area contributed by atoms with Gasteiger partial charge in [-0.2, -0.15) is 0 Å². The van der Waals surface area contributed by atoms with E-state index in [0.717, 1.165) is 11.4 Å². The van der Waals surface area contributed by atoms with Crippen LogP contribution in [-0.2, 0) is 6.54 Å². The number of anilines is 1. The average Bonchev–Trinajstić information content (AvgIpc) is 2.93. The largest absolute Gasteiger partial charge is 0.379 e. The van der Waals surface area contributed by atoms with Gasteiger partial charge in [-0.15, -0.1) is 0 Å². The molecule has 0 aliphatic rings. The number of rotatable bonds is 5. The van der Waals surface area contributed by atoms with Gasteiger partial charge in [-0.1, -0.05) is 0 Å². The van der Waals surface area contributed by atoms with Gasteiger partial charge in [0, 0.05) is 30.5 Å². The van der Waals surface area contributed by atoms with Gasteiger partial charge in [0.15, 0.2) is 0 Å². The number of hydrogen-bond donors (Lipinski definition) is 2. The highest BCUT2D eigenvalue weighted by Gasteiger charge is 2.06. The summed E-state index contributed by atoms with van der Waals surface area (Å²) in [6, 6.07) is 7.81. The van der Waals surface area contributed by atoms with Gasteiger partial charge in [0.2, 0.25) is 0 Å². The molecule has 5 heteroatoms. The maximum absolute atomic E-state index is 11.4. The van der Waals surface area contributed by atoms with E-state index in [9.17, 15) is 4.79 Å². The summed E-state index contributed by atoms with van der Waals surface area (Å²) < 4.78 is 2.13. The Morgan fingerprint density at radius 3 is 2.60 bits per heavy atom. The molecule has 2 N–H and O–H groups in total. The van der Waals surface area contributed by atoms with E-state index in [-0.39, 0.29) is 5.91 Å². The van der Waals surface area contributed by atoms with Gasteiger partial charge in [-0.3, -0.25) is 4.79 Å². The lowest BCUT2D eigenvalue weighted by Crippen LogP contribution is -2.17. The molecule has 0 aliphatic carbocycles. The molecule has 5 nitrogen and oxygen atoms in total.